The molecule has 0 radical (unpaired) electrons. The van der Waals surface area contributed by atoms with Gasteiger partial charge in [0.2, 0.25) is 11.8 Å². The molecular weight excluding hydrogens is 716 g/mol. The maximum atomic E-state index is 14.5. The summed E-state index contributed by atoms with van der Waals surface area (Å²) in [6, 6.07) is 4.50. The van der Waals surface area contributed by atoms with Gasteiger partial charge < -0.3 is 24.2 Å². The van der Waals surface area contributed by atoms with Crippen LogP contribution in [-0.2, 0) is 38.2 Å². The Morgan fingerprint density at radius 1 is 0.839 bits per heavy atom. The maximum absolute atomic E-state index is 14.5. The number of likely N-dealkylation sites (tertiary alicyclic amines) is 1. The van der Waals surface area contributed by atoms with Crippen molar-refractivity contribution in [3.8, 4) is 0 Å². The highest BCUT2D eigenvalue weighted by Crippen LogP contribution is 2.31. The molecule has 1 aromatic carbocycles. The molecule has 13 heteroatoms. The summed E-state index contributed by atoms with van der Waals surface area (Å²) in [7, 11) is 6.39. The predicted molar refractivity (Wildman–Crippen MR) is 214 cm³/mol. The van der Waals surface area contributed by atoms with E-state index in [4.69, 9.17) is 9.47 Å². The van der Waals surface area contributed by atoms with Crippen molar-refractivity contribution in [3.63, 3.8) is 0 Å². The summed E-state index contributed by atoms with van der Waals surface area (Å²) in [4.78, 5) is 98.8. The molecule has 1 fully saturated rings. The third-order valence-corrected chi connectivity index (χ3v) is 11.9. The van der Waals surface area contributed by atoms with Gasteiger partial charge in [-0.15, -0.1) is 0 Å². The van der Waals surface area contributed by atoms with Crippen molar-refractivity contribution in [2.75, 3.05) is 39.8 Å². The van der Waals surface area contributed by atoms with Crippen LogP contribution in [-0.4, -0.2) is 121 Å². The number of ketones is 2. The molecule has 1 aromatic rings. The molecule has 0 saturated carbocycles. The van der Waals surface area contributed by atoms with Crippen LogP contribution in [0.25, 0.3) is 0 Å². The molecule has 2 aliphatic rings. The quantitative estimate of drug-likeness (QED) is 0.168. The number of ether oxygens (including phenoxy) is 2. The molecule has 2 aliphatic heterocycles. The largest absolute Gasteiger partial charge is 0.379 e. The summed E-state index contributed by atoms with van der Waals surface area (Å²) in [6.07, 6.45) is 3.46. The second-order valence-corrected chi connectivity index (χ2v) is 16.2. The van der Waals surface area contributed by atoms with Gasteiger partial charge in [-0.1, -0.05) is 54.9 Å². The Bertz CT molecular complexity index is 1600. The molecule has 8 atom stereocenters. The van der Waals surface area contributed by atoms with E-state index in [1.807, 2.05) is 48.5 Å². The second-order valence-electron chi connectivity index (χ2n) is 16.2. The molecule has 0 spiro atoms. The minimum atomic E-state index is -0.836. The van der Waals surface area contributed by atoms with Crippen LogP contribution in [0.5, 0.6) is 0 Å². The molecule has 0 N–H and O–H groups in total. The van der Waals surface area contributed by atoms with Crippen LogP contribution < -0.4 is 4.90 Å². The smallest absolute Gasteiger partial charge is 0.258 e. The van der Waals surface area contributed by atoms with E-state index in [2.05, 4.69) is 0 Å². The van der Waals surface area contributed by atoms with Gasteiger partial charge in [-0.25, -0.2) is 4.90 Å². The normalized spacial score (nSPS) is 19.5. The van der Waals surface area contributed by atoms with Crippen LogP contribution in [0.4, 0.5) is 5.69 Å². The van der Waals surface area contributed by atoms with Gasteiger partial charge in [0.25, 0.3) is 17.7 Å². The van der Waals surface area contributed by atoms with Crippen molar-refractivity contribution in [2.24, 2.45) is 29.6 Å². The van der Waals surface area contributed by atoms with E-state index in [-0.39, 0.29) is 71.5 Å². The Labute approximate surface area is 333 Å². The number of rotatable bonds is 20. The molecule has 2 heterocycles. The Morgan fingerprint density at radius 3 is 1.91 bits per heavy atom. The zero-order chi connectivity index (χ0) is 42.2. The Balaban J connectivity index is 1.81. The standard InChI is InChI=1S/C43H64N4O9/c1-13-27(6)40(35(55-11)24-38(52)46-22-14-15-33(46)41(56-12)28(7)29(8)48)45(10)43(54)32(25(2)3)23-34(49)39(26(4)5)44(9)42(53)30-16-18-31(19-17-30)47-36(50)20-21-37(47)51/h16-21,25-28,32-33,35,39-41H,13-15,22-24H2,1-12H3/t27-,28-,32-,33-,35+,39-,40?,41+/m0/s1. The van der Waals surface area contributed by atoms with Crippen LogP contribution in [0.3, 0.4) is 0 Å². The van der Waals surface area contributed by atoms with Crippen LogP contribution >= 0.6 is 0 Å². The predicted octanol–water partition coefficient (Wildman–Crippen LogP) is 4.95. The lowest BCUT2D eigenvalue weighted by atomic mass is 9.83. The number of amides is 5. The van der Waals surface area contributed by atoms with E-state index in [9.17, 15) is 33.6 Å². The molecule has 1 unspecified atom stereocenters. The minimum absolute atomic E-state index is 0.000877. The first-order valence-electron chi connectivity index (χ1n) is 19.9. The lowest BCUT2D eigenvalue weighted by Gasteiger charge is -2.41. The number of nitrogens with zero attached hydrogens (tertiary/aromatic N) is 4. The van der Waals surface area contributed by atoms with Gasteiger partial charge >= 0.3 is 0 Å². The van der Waals surface area contributed by atoms with E-state index >= 15 is 0 Å². The second kappa shape index (κ2) is 20.3. The fraction of sp³-hybridized carbons (Fsp3) is 0.651. The van der Waals surface area contributed by atoms with Crippen molar-refractivity contribution >= 4 is 46.8 Å². The molecule has 5 amide bonds. The Morgan fingerprint density at radius 2 is 1.43 bits per heavy atom. The van der Waals surface area contributed by atoms with Crippen LogP contribution in [0.15, 0.2) is 36.4 Å². The third kappa shape index (κ3) is 10.4. The first-order chi connectivity index (χ1) is 26.3. The van der Waals surface area contributed by atoms with E-state index in [1.54, 1.807) is 38.1 Å². The van der Waals surface area contributed by atoms with Gasteiger partial charge in [-0.2, -0.15) is 0 Å². The molecule has 1 saturated heterocycles. The number of likely N-dealkylation sites (N-methyl/N-ethyl adjacent to an activating group) is 2. The first-order valence-corrected chi connectivity index (χ1v) is 19.9. The molecule has 13 nitrogen and oxygen atoms in total. The number of methoxy groups -OCH3 is 2. The highest BCUT2D eigenvalue weighted by Gasteiger charge is 2.43. The van der Waals surface area contributed by atoms with Crippen molar-refractivity contribution < 1.29 is 43.0 Å². The maximum Gasteiger partial charge on any atom is 0.258 e. The van der Waals surface area contributed by atoms with Crippen LogP contribution in [0, 0.1) is 29.6 Å². The summed E-state index contributed by atoms with van der Waals surface area (Å²) in [5, 5.41) is 0. The average molecular weight is 781 g/mol. The first kappa shape index (κ1) is 46.2. The Kier molecular flexibility index (Phi) is 16.7. The third-order valence-electron chi connectivity index (χ3n) is 11.9. The topological polar surface area (TPSA) is 151 Å². The number of Topliss-reactive ketones (excluding diaryl/α,β-unsaturated/α-hetero) is 2. The summed E-state index contributed by atoms with van der Waals surface area (Å²) in [5.41, 5.74) is 0.610. The number of imide groups is 1. The lowest BCUT2D eigenvalue weighted by Crippen LogP contribution is -2.54. The molecular formula is C43H64N4O9. The number of hydrogen-bond donors (Lipinski definition) is 0. The minimum Gasteiger partial charge on any atom is -0.379 e. The Hall–Kier alpha value is -4.23. The molecule has 56 heavy (non-hydrogen) atoms. The molecule has 3 rings (SSSR count). The molecule has 0 bridgehead atoms. The summed E-state index contributed by atoms with van der Waals surface area (Å²) < 4.78 is 11.8. The van der Waals surface area contributed by atoms with Gasteiger partial charge in [0, 0.05) is 70.8 Å². The number of anilines is 1. The van der Waals surface area contributed by atoms with E-state index in [0.717, 1.165) is 17.7 Å². The average Bonchev–Trinajstić information content (AvgIpc) is 3.78. The molecule has 310 valence electrons. The van der Waals surface area contributed by atoms with Gasteiger partial charge in [-0.3, -0.25) is 33.6 Å². The highest BCUT2D eigenvalue weighted by atomic mass is 16.5. The van der Waals surface area contributed by atoms with Gasteiger partial charge in [0.05, 0.1) is 42.4 Å². The number of benzene rings is 1. The monoisotopic (exact) mass is 780 g/mol. The zero-order valence-corrected chi connectivity index (χ0v) is 35.4. The van der Waals surface area contributed by atoms with Crippen LogP contribution in [0.1, 0.15) is 97.9 Å². The fourth-order valence-corrected chi connectivity index (χ4v) is 8.37. The van der Waals surface area contributed by atoms with Gasteiger partial charge in [0.15, 0.2) is 5.78 Å². The summed E-state index contributed by atoms with van der Waals surface area (Å²) in [6.45, 7) is 15.4. The van der Waals surface area contributed by atoms with E-state index in [0.29, 0.717) is 18.7 Å². The van der Waals surface area contributed by atoms with Gasteiger partial charge in [-0.05, 0) is 61.8 Å². The SMILES string of the molecule is CC[C@H](C)C([C@@H](CC(=O)N1CCC[C@H]1[C@H](OC)[C@@H](C)C(C)=O)OC)N(C)C(=O)[C@@H](CC(=O)[C@H](C(C)C)N(C)C(=O)c1ccc(N2C(=O)C=CC2=O)cc1)C(C)C. The highest BCUT2D eigenvalue weighted by molar-refractivity contribution is 6.28. The number of hydrogen-bond acceptors (Lipinski definition) is 9. The van der Waals surface area contributed by atoms with Crippen molar-refractivity contribution in [1.82, 2.24) is 14.7 Å². The molecule has 0 aliphatic carbocycles. The van der Waals surface area contributed by atoms with Gasteiger partial charge in [0.1, 0.15) is 5.78 Å². The summed E-state index contributed by atoms with van der Waals surface area (Å²) >= 11 is 0. The number of carbonyl (C=O) groups is 7. The zero-order valence-electron chi connectivity index (χ0n) is 35.4. The number of carbonyl (C=O) groups excluding carboxylic acids is 7. The van der Waals surface area contributed by atoms with Crippen molar-refractivity contribution in [2.45, 2.75) is 118 Å². The van der Waals surface area contributed by atoms with Crippen molar-refractivity contribution in [1.29, 1.82) is 0 Å². The fourth-order valence-electron chi connectivity index (χ4n) is 8.37. The van der Waals surface area contributed by atoms with Crippen molar-refractivity contribution in [3.05, 3.63) is 42.0 Å². The summed E-state index contributed by atoms with van der Waals surface area (Å²) in [5.74, 6) is -3.60. The van der Waals surface area contributed by atoms with E-state index < -0.39 is 47.9 Å². The van der Waals surface area contributed by atoms with E-state index in [1.165, 1.54) is 48.2 Å². The lowest BCUT2D eigenvalue weighted by molar-refractivity contribution is -0.149. The van der Waals surface area contributed by atoms with Crippen LogP contribution in [0.2, 0.25) is 0 Å². The molecule has 0 aromatic heterocycles.